The standard InChI is InChI=1S/C14H15FN4O2/c1-21-7-6-16-13-8-12(17-9-18-13)14(20)19-11-4-2-10(15)3-5-11/h2-5,8-9H,6-7H2,1H3,(H,19,20)(H,16,17,18). The number of benzene rings is 1. The maximum atomic E-state index is 12.8. The van der Waals surface area contributed by atoms with Gasteiger partial charge in [0.25, 0.3) is 5.91 Å². The number of halogens is 1. The van der Waals surface area contributed by atoms with Crippen molar-refractivity contribution in [1.29, 1.82) is 0 Å². The minimum atomic E-state index is -0.390. The third-order valence-electron chi connectivity index (χ3n) is 2.61. The van der Waals surface area contributed by atoms with Gasteiger partial charge < -0.3 is 15.4 Å². The summed E-state index contributed by atoms with van der Waals surface area (Å²) >= 11 is 0. The second kappa shape index (κ2) is 7.30. The van der Waals surface area contributed by atoms with E-state index in [1.54, 1.807) is 7.11 Å². The molecule has 0 radical (unpaired) electrons. The van der Waals surface area contributed by atoms with Crippen molar-refractivity contribution in [2.24, 2.45) is 0 Å². The lowest BCUT2D eigenvalue weighted by Gasteiger charge is -2.07. The van der Waals surface area contributed by atoms with Crippen LogP contribution in [-0.2, 0) is 4.74 Å². The molecular weight excluding hydrogens is 275 g/mol. The van der Waals surface area contributed by atoms with Gasteiger partial charge in [-0.05, 0) is 24.3 Å². The Balaban J connectivity index is 2.01. The molecule has 2 N–H and O–H groups in total. The number of nitrogens with zero attached hydrogens (tertiary/aromatic N) is 2. The highest BCUT2D eigenvalue weighted by atomic mass is 19.1. The number of aromatic nitrogens is 2. The van der Waals surface area contributed by atoms with E-state index < -0.39 is 5.91 Å². The van der Waals surface area contributed by atoms with Crippen molar-refractivity contribution in [3.63, 3.8) is 0 Å². The van der Waals surface area contributed by atoms with Crippen LogP contribution >= 0.6 is 0 Å². The van der Waals surface area contributed by atoms with Gasteiger partial charge >= 0.3 is 0 Å². The number of hydrogen-bond donors (Lipinski definition) is 2. The van der Waals surface area contributed by atoms with E-state index in [1.165, 1.54) is 36.7 Å². The van der Waals surface area contributed by atoms with Crippen molar-refractivity contribution >= 4 is 17.4 Å². The maximum absolute atomic E-state index is 12.8. The molecule has 2 aromatic rings. The number of carbonyl (C=O) groups is 1. The Labute approximate surface area is 121 Å². The van der Waals surface area contributed by atoms with Gasteiger partial charge in [0.1, 0.15) is 23.7 Å². The summed E-state index contributed by atoms with van der Waals surface area (Å²) in [4.78, 5) is 20.0. The van der Waals surface area contributed by atoms with Crippen LogP contribution < -0.4 is 10.6 Å². The molecule has 0 saturated carbocycles. The van der Waals surface area contributed by atoms with Crippen LogP contribution in [0.15, 0.2) is 36.7 Å². The molecule has 2 rings (SSSR count). The minimum Gasteiger partial charge on any atom is -0.383 e. The molecule has 1 amide bonds. The normalized spacial score (nSPS) is 10.2. The van der Waals surface area contributed by atoms with Crippen LogP contribution in [0.3, 0.4) is 0 Å². The van der Waals surface area contributed by atoms with Crippen molar-refractivity contribution < 1.29 is 13.9 Å². The third kappa shape index (κ3) is 4.50. The molecular formula is C14H15FN4O2. The predicted octanol–water partition coefficient (Wildman–Crippen LogP) is 1.93. The molecule has 0 spiro atoms. The van der Waals surface area contributed by atoms with Crippen molar-refractivity contribution in [1.82, 2.24) is 9.97 Å². The number of anilines is 2. The Hall–Kier alpha value is -2.54. The molecule has 110 valence electrons. The van der Waals surface area contributed by atoms with Gasteiger partial charge in [-0.25, -0.2) is 14.4 Å². The number of methoxy groups -OCH3 is 1. The lowest BCUT2D eigenvalue weighted by Crippen LogP contribution is -2.15. The molecule has 0 unspecified atom stereocenters. The lowest BCUT2D eigenvalue weighted by molar-refractivity contribution is 0.102. The van der Waals surface area contributed by atoms with Crippen molar-refractivity contribution in [3.8, 4) is 0 Å². The smallest absolute Gasteiger partial charge is 0.274 e. The van der Waals surface area contributed by atoms with Crippen molar-refractivity contribution in [3.05, 3.63) is 48.2 Å². The average Bonchev–Trinajstić information content (AvgIpc) is 2.50. The number of rotatable bonds is 6. The molecule has 1 aromatic heterocycles. The molecule has 6 nitrogen and oxygen atoms in total. The summed E-state index contributed by atoms with van der Waals surface area (Å²) in [6, 6.07) is 7.04. The van der Waals surface area contributed by atoms with E-state index in [4.69, 9.17) is 4.74 Å². The van der Waals surface area contributed by atoms with E-state index in [9.17, 15) is 9.18 Å². The Morgan fingerprint density at radius 1 is 1.29 bits per heavy atom. The van der Waals surface area contributed by atoms with Crippen LogP contribution in [0.5, 0.6) is 0 Å². The quantitative estimate of drug-likeness (QED) is 0.795. The number of hydrogen-bond acceptors (Lipinski definition) is 5. The van der Waals surface area contributed by atoms with E-state index in [0.717, 1.165) is 0 Å². The third-order valence-corrected chi connectivity index (χ3v) is 2.61. The summed E-state index contributed by atoms with van der Waals surface area (Å²) in [5.74, 6) is -0.218. The van der Waals surface area contributed by atoms with Crippen molar-refractivity contribution in [2.75, 3.05) is 30.9 Å². The maximum Gasteiger partial charge on any atom is 0.274 e. The second-order valence-electron chi connectivity index (χ2n) is 4.17. The summed E-state index contributed by atoms with van der Waals surface area (Å²) in [6.07, 6.45) is 1.30. The number of ether oxygens (including phenoxy) is 1. The largest absolute Gasteiger partial charge is 0.383 e. The minimum absolute atomic E-state index is 0.217. The van der Waals surface area contributed by atoms with Crippen molar-refractivity contribution in [2.45, 2.75) is 0 Å². The zero-order chi connectivity index (χ0) is 15.1. The molecule has 0 bridgehead atoms. The monoisotopic (exact) mass is 290 g/mol. The van der Waals surface area contributed by atoms with E-state index in [1.807, 2.05) is 0 Å². The van der Waals surface area contributed by atoms with Crippen LogP contribution in [0.4, 0.5) is 15.9 Å². The van der Waals surface area contributed by atoms with Gasteiger partial charge in [-0.15, -0.1) is 0 Å². The fourth-order valence-electron chi connectivity index (χ4n) is 1.59. The summed E-state index contributed by atoms with van der Waals surface area (Å²) < 4.78 is 17.7. The molecule has 21 heavy (non-hydrogen) atoms. The predicted molar refractivity (Wildman–Crippen MR) is 76.8 cm³/mol. The first-order valence-corrected chi connectivity index (χ1v) is 6.31. The van der Waals surface area contributed by atoms with Crippen LogP contribution in [0, 0.1) is 5.82 Å². The summed E-state index contributed by atoms with van der Waals surface area (Å²) in [5, 5.41) is 5.64. The summed E-state index contributed by atoms with van der Waals surface area (Å²) in [7, 11) is 1.60. The molecule has 0 aliphatic carbocycles. The highest BCUT2D eigenvalue weighted by Crippen LogP contribution is 2.11. The molecule has 0 fully saturated rings. The molecule has 0 saturated heterocycles. The van der Waals surface area contributed by atoms with Gasteiger partial charge in [-0.3, -0.25) is 4.79 Å². The van der Waals surface area contributed by atoms with Crippen LogP contribution in [-0.4, -0.2) is 36.1 Å². The van der Waals surface area contributed by atoms with E-state index in [2.05, 4.69) is 20.6 Å². The Morgan fingerprint density at radius 2 is 2.05 bits per heavy atom. The van der Waals surface area contributed by atoms with E-state index in [-0.39, 0.29) is 11.5 Å². The van der Waals surface area contributed by atoms with Gasteiger partial charge in [-0.2, -0.15) is 0 Å². The van der Waals surface area contributed by atoms with Crippen LogP contribution in [0.1, 0.15) is 10.5 Å². The van der Waals surface area contributed by atoms with Gasteiger partial charge in [0.15, 0.2) is 0 Å². The Morgan fingerprint density at radius 3 is 2.76 bits per heavy atom. The fourth-order valence-corrected chi connectivity index (χ4v) is 1.59. The summed E-state index contributed by atoms with van der Waals surface area (Å²) in [5.41, 5.74) is 0.711. The zero-order valence-corrected chi connectivity index (χ0v) is 11.5. The molecule has 0 aliphatic rings. The number of amides is 1. The Kier molecular flexibility index (Phi) is 5.16. The lowest BCUT2D eigenvalue weighted by atomic mass is 10.3. The Bertz CT molecular complexity index is 604. The first-order valence-electron chi connectivity index (χ1n) is 6.31. The highest BCUT2D eigenvalue weighted by Gasteiger charge is 2.09. The molecule has 1 heterocycles. The zero-order valence-electron chi connectivity index (χ0n) is 11.5. The molecule has 7 heteroatoms. The average molecular weight is 290 g/mol. The molecule has 0 atom stereocenters. The fraction of sp³-hybridized carbons (Fsp3) is 0.214. The van der Waals surface area contributed by atoms with Crippen LogP contribution in [0.2, 0.25) is 0 Å². The van der Waals surface area contributed by atoms with Gasteiger partial charge in [0.05, 0.1) is 6.61 Å². The number of carbonyl (C=O) groups excluding carboxylic acids is 1. The second-order valence-corrected chi connectivity index (χ2v) is 4.17. The van der Waals surface area contributed by atoms with Gasteiger partial charge in [-0.1, -0.05) is 0 Å². The van der Waals surface area contributed by atoms with E-state index >= 15 is 0 Å². The highest BCUT2D eigenvalue weighted by molar-refractivity contribution is 6.03. The van der Waals surface area contributed by atoms with Gasteiger partial charge in [0.2, 0.25) is 0 Å². The first-order chi connectivity index (χ1) is 10.2. The first kappa shape index (κ1) is 14.9. The van der Waals surface area contributed by atoms with Crippen LogP contribution in [0.25, 0.3) is 0 Å². The number of nitrogens with one attached hydrogen (secondary N) is 2. The SMILES string of the molecule is COCCNc1cc(C(=O)Nc2ccc(F)cc2)ncn1. The molecule has 0 aliphatic heterocycles. The molecule has 1 aromatic carbocycles. The summed E-state index contributed by atoms with van der Waals surface area (Å²) in [6.45, 7) is 1.10. The van der Waals surface area contributed by atoms with E-state index in [0.29, 0.717) is 24.7 Å². The topological polar surface area (TPSA) is 76.1 Å². The van der Waals surface area contributed by atoms with Gasteiger partial charge in [0, 0.05) is 25.4 Å².